The number of esters is 1. The molecule has 2 fully saturated rings. The molecule has 10 nitrogen and oxygen atoms in total. The van der Waals surface area contributed by atoms with Crippen LogP contribution in [0.2, 0.25) is 0 Å². The van der Waals surface area contributed by atoms with E-state index in [4.69, 9.17) is 15.2 Å². The minimum Gasteiger partial charge on any atom is -0.460 e. The molecule has 0 spiro atoms. The number of hydrogen-bond acceptors (Lipinski definition) is 7. The average Bonchev–Trinajstić information content (AvgIpc) is 3.31. The summed E-state index contributed by atoms with van der Waals surface area (Å²) in [6.45, 7) is 11.7. The largest absolute Gasteiger partial charge is 0.460 e. The summed E-state index contributed by atoms with van der Waals surface area (Å²) in [6.07, 6.45) is 2.59. The molecule has 3 heterocycles. The maximum absolute atomic E-state index is 15.6. The van der Waals surface area contributed by atoms with E-state index in [1.165, 1.54) is 15.8 Å². The number of ether oxygens (including phenoxy) is 2. The van der Waals surface area contributed by atoms with Crippen LogP contribution >= 0.6 is 0 Å². The third kappa shape index (κ3) is 8.15. The second-order valence-electron chi connectivity index (χ2n) is 13.2. The molecule has 0 bridgehead atoms. The lowest BCUT2D eigenvalue weighted by atomic mass is 9.84. The number of nitrogen functional groups attached to an aromatic ring is 1. The third-order valence-corrected chi connectivity index (χ3v) is 6.98. The number of carbonyl (C=O) groups excluding carboxylic acids is 3. The molecule has 1 atom stereocenters. The molecule has 2 saturated heterocycles. The van der Waals surface area contributed by atoms with Crippen molar-refractivity contribution in [3.8, 4) is 0 Å². The van der Waals surface area contributed by atoms with E-state index >= 15 is 4.39 Å². The molecular weight excluding hydrogens is 565 g/mol. The van der Waals surface area contributed by atoms with E-state index in [1.54, 1.807) is 44.0 Å². The van der Waals surface area contributed by atoms with Gasteiger partial charge >= 0.3 is 12.1 Å². The van der Waals surface area contributed by atoms with E-state index in [-0.39, 0.29) is 30.9 Å². The Kier molecular flexibility index (Phi) is 9.36. The number of hydrogen-bond donors (Lipinski definition) is 1. The van der Waals surface area contributed by atoms with Crippen LogP contribution in [0.5, 0.6) is 0 Å². The number of nitrogens with zero attached hydrogens (tertiary/aromatic N) is 4. The van der Waals surface area contributed by atoms with Crippen molar-refractivity contribution < 1.29 is 28.2 Å². The van der Waals surface area contributed by atoms with Crippen LogP contribution in [0.3, 0.4) is 0 Å². The molecule has 2 aliphatic heterocycles. The zero-order valence-electron chi connectivity index (χ0n) is 26.2. The minimum absolute atomic E-state index is 0.0274. The number of amides is 2. The Morgan fingerprint density at radius 2 is 1.43 bits per heavy atom. The number of rotatable bonds is 5. The number of benzene rings is 2. The van der Waals surface area contributed by atoms with E-state index in [0.29, 0.717) is 24.3 Å². The van der Waals surface area contributed by atoms with Gasteiger partial charge in [-0.15, -0.1) is 0 Å². The lowest BCUT2D eigenvalue weighted by Crippen LogP contribution is -2.65. The molecule has 1 unspecified atom stereocenters. The SMILES string of the molecule is CC(C)(C)OC(=O)C1CN(C(=O)c2ccccc2)C1.CC(C)(C)OC(=O)N1CC(F)(C(c2ccccc2)n2cc(N)cn2)C1. The summed E-state index contributed by atoms with van der Waals surface area (Å²) in [5, 5.41) is 4.19. The molecular formula is C33H42FN5O5. The van der Waals surface area contributed by atoms with Crippen LogP contribution in [-0.2, 0) is 14.3 Å². The van der Waals surface area contributed by atoms with Crippen molar-refractivity contribution >= 4 is 23.7 Å². The van der Waals surface area contributed by atoms with Gasteiger partial charge in [0.25, 0.3) is 5.91 Å². The number of alkyl halides is 1. The maximum Gasteiger partial charge on any atom is 0.410 e. The number of carbonyl (C=O) groups is 3. The van der Waals surface area contributed by atoms with Crippen LogP contribution in [0.15, 0.2) is 73.1 Å². The van der Waals surface area contributed by atoms with E-state index in [9.17, 15) is 14.4 Å². The van der Waals surface area contributed by atoms with E-state index in [1.807, 2.05) is 69.3 Å². The van der Waals surface area contributed by atoms with Gasteiger partial charge in [-0.25, -0.2) is 9.18 Å². The zero-order valence-corrected chi connectivity index (χ0v) is 26.2. The molecule has 2 N–H and O–H groups in total. The first-order valence-corrected chi connectivity index (χ1v) is 14.6. The Balaban J connectivity index is 0.000000209. The van der Waals surface area contributed by atoms with E-state index < -0.39 is 29.0 Å². The first-order chi connectivity index (χ1) is 20.5. The standard InChI is InChI=1S/C18H23FN4O2.C15H19NO3/c1-17(2,3)25-16(24)22-11-18(19,12-22)15(13-7-5-4-6-8-13)23-10-14(20)9-21-23;1-15(2,3)19-14(18)12-9-16(10-12)13(17)11-7-5-4-6-8-11/h4-10,15H,11-12,20H2,1-3H3;4-8,12H,9-10H2,1-3H3. The number of likely N-dealkylation sites (tertiary alicyclic amines) is 2. The second-order valence-corrected chi connectivity index (χ2v) is 13.2. The number of anilines is 1. The minimum atomic E-state index is -1.64. The Hall–Kier alpha value is -4.41. The molecule has 3 aromatic rings. The summed E-state index contributed by atoms with van der Waals surface area (Å²) in [4.78, 5) is 39.0. The Morgan fingerprint density at radius 1 is 0.886 bits per heavy atom. The van der Waals surface area contributed by atoms with Crippen molar-refractivity contribution in [3.63, 3.8) is 0 Å². The quantitative estimate of drug-likeness (QED) is 0.400. The van der Waals surface area contributed by atoms with Crippen molar-refractivity contribution in [1.82, 2.24) is 19.6 Å². The van der Waals surface area contributed by atoms with Crippen LogP contribution < -0.4 is 5.73 Å². The highest BCUT2D eigenvalue weighted by molar-refractivity contribution is 5.95. The lowest BCUT2D eigenvalue weighted by molar-refractivity contribution is -0.164. The molecule has 236 valence electrons. The molecule has 0 saturated carbocycles. The van der Waals surface area contributed by atoms with Gasteiger partial charge in [0.15, 0.2) is 5.67 Å². The van der Waals surface area contributed by atoms with Gasteiger partial charge in [0.1, 0.15) is 17.2 Å². The van der Waals surface area contributed by atoms with Gasteiger partial charge < -0.3 is 25.0 Å². The van der Waals surface area contributed by atoms with Gasteiger partial charge in [0, 0.05) is 24.8 Å². The molecule has 2 aromatic carbocycles. The van der Waals surface area contributed by atoms with Crippen molar-refractivity contribution in [2.75, 3.05) is 31.9 Å². The topological polar surface area (TPSA) is 120 Å². The van der Waals surface area contributed by atoms with E-state index in [2.05, 4.69) is 5.10 Å². The van der Waals surface area contributed by atoms with Crippen molar-refractivity contribution in [2.45, 2.75) is 64.5 Å². The Labute approximate surface area is 257 Å². The molecule has 44 heavy (non-hydrogen) atoms. The molecule has 1 aromatic heterocycles. The van der Waals surface area contributed by atoms with Gasteiger partial charge in [-0.05, 0) is 59.2 Å². The predicted molar refractivity (Wildman–Crippen MR) is 165 cm³/mol. The molecule has 2 amide bonds. The zero-order chi connectivity index (χ0) is 32.3. The molecule has 5 rings (SSSR count). The molecule has 0 aliphatic carbocycles. The van der Waals surface area contributed by atoms with Gasteiger partial charge in [-0.3, -0.25) is 14.3 Å². The average molecular weight is 608 g/mol. The predicted octanol–water partition coefficient (Wildman–Crippen LogP) is 5.11. The van der Waals surface area contributed by atoms with Gasteiger partial charge in [0.05, 0.1) is 30.9 Å². The number of aromatic nitrogens is 2. The lowest BCUT2D eigenvalue weighted by Gasteiger charge is -2.48. The van der Waals surface area contributed by atoms with Crippen LogP contribution in [-0.4, -0.2) is 80.6 Å². The number of halogens is 1. The van der Waals surface area contributed by atoms with Crippen LogP contribution in [0.25, 0.3) is 0 Å². The second kappa shape index (κ2) is 12.7. The summed E-state index contributed by atoms with van der Waals surface area (Å²) in [6, 6.07) is 17.7. The van der Waals surface area contributed by atoms with Gasteiger partial charge in [-0.1, -0.05) is 48.5 Å². The van der Waals surface area contributed by atoms with Crippen molar-refractivity contribution in [3.05, 3.63) is 84.2 Å². The summed E-state index contributed by atoms with van der Waals surface area (Å²) < 4.78 is 27.8. The summed E-state index contributed by atoms with van der Waals surface area (Å²) in [5.41, 5.74) is 4.93. The Morgan fingerprint density at radius 3 is 1.93 bits per heavy atom. The molecule has 11 heteroatoms. The van der Waals surface area contributed by atoms with E-state index in [0.717, 1.165) is 5.56 Å². The van der Waals surface area contributed by atoms with Gasteiger partial charge in [0.2, 0.25) is 0 Å². The fourth-order valence-electron chi connectivity index (χ4n) is 4.98. The molecule has 2 aliphatic rings. The maximum atomic E-state index is 15.6. The monoisotopic (exact) mass is 607 g/mol. The highest BCUT2D eigenvalue weighted by Gasteiger charge is 2.54. The first-order valence-electron chi connectivity index (χ1n) is 14.6. The third-order valence-electron chi connectivity index (χ3n) is 6.98. The highest BCUT2D eigenvalue weighted by Crippen LogP contribution is 2.41. The fourth-order valence-corrected chi connectivity index (χ4v) is 4.98. The van der Waals surface area contributed by atoms with Crippen molar-refractivity contribution in [1.29, 1.82) is 0 Å². The van der Waals surface area contributed by atoms with Crippen LogP contribution in [0.1, 0.15) is 63.5 Å². The highest BCUT2D eigenvalue weighted by atomic mass is 19.1. The summed E-state index contributed by atoms with van der Waals surface area (Å²) >= 11 is 0. The normalized spacial score (nSPS) is 16.9. The number of nitrogens with two attached hydrogens (primary N) is 1. The smallest absolute Gasteiger partial charge is 0.410 e. The summed E-state index contributed by atoms with van der Waals surface area (Å²) in [7, 11) is 0. The Bertz CT molecular complexity index is 1440. The molecule has 0 radical (unpaired) electrons. The van der Waals surface area contributed by atoms with Crippen LogP contribution in [0, 0.1) is 5.92 Å². The van der Waals surface area contributed by atoms with Gasteiger partial charge in [-0.2, -0.15) is 5.10 Å². The fraction of sp³-hybridized carbons (Fsp3) is 0.455. The summed E-state index contributed by atoms with van der Waals surface area (Å²) in [5.74, 6) is -0.433. The van der Waals surface area contributed by atoms with Crippen molar-refractivity contribution in [2.24, 2.45) is 5.92 Å². The van der Waals surface area contributed by atoms with Crippen LogP contribution in [0.4, 0.5) is 14.9 Å². The first kappa shape index (κ1) is 32.5.